The van der Waals surface area contributed by atoms with Gasteiger partial charge in [0.1, 0.15) is 0 Å². The van der Waals surface area contributed by atoms with E-state index < -0.39 is 0 Å². The van der Waals surface area contributed by atoms with Gasteiger partial charge in [0.15, 0.2) is 0 Å². The summed E-state index contributed by atoms with van der Waals surface area (Å²) >= 11 is 12.2. The van der Waals surface area contributed by atoms with Gasteiger partial charge in [0, 0.05) is 11.1 Å². The Morgan fingerprint density at radius 1 is 0.577 bits per heavy atom. The zero-order chi connectivity index (χ0) is 18.3. The van der Waals surface area contributed by atoms with E-state index in [0.29, 0.717) is 11.1 Å². The van der Waals surface area contributed by atoms with Gasteiger partial charge in [0.2, 0.25) is 11.6 Å². The lowest BCUT2D eigenvalue weighted by Crippen LogP contribution is -2.09. The number of rotatable bonds is 1. The summed E-state index contributed by atoms with van der Waals surface area (Å²) < 4.78 is 0. The average molecular weight is 379 g/mol. The van der Waals surface area contributed by atoms with Gasteiger partial charge in [-0.25, -0.2) is 0 Å². The summed E-state index contributed by atoms with van der Waals surface area (Å²) in [4.78, 5) is 24.4. The number of fused-ring (bicyclic) bond motifs is 2. The number of ketones is 2. The van der Waals surface area contributed by atoms with Gasteiger partial charge in [0.05, 0.1) is 10.1 Å². The largest absolute Gasteiger partial charge is 0.288 e. The van der Waals surface area contributed by atoms with Crippen LogP contribution < -0.4 is 0 Å². The van der Waals surface area contributed by atoms with Gasteiger partial charge in [-0.2, -0.15) is 0 Å². The molecular weight excluding hydrogens is 367 g/mol. The van der Waals surface area contributed by atoms with Crippen LogP contribution in [-0.2, 0) is 0 Å². The second kappa shape index (κ2) is 6.56. The van der Waals surface area contributed by atoms with E-state index in [9.17, 15) is 9.59 Å². The van der Waals surface area contributed by atoms with E-state index in [0.717, 1.165) is 22.3 Å². The zero-order valence-corrected chi connectivity index (χ0v) is 15.0. The third kappa shape index (κ3) is 2.78. The summed E-state index contributed by atoms with van der Waals surface area (Å²) in [6, 6.07) is 14.7. The number of allylic oxidation sites excluding steroid dienone is 8. The van der Waals surface area contributed by atoms with E-state index in [4.69, 9.17) is 23.2 Å². The lowest BCUT2D eigenvalue weighted by Gasteiger charge is -2.16. The predicted octanol–water partition coefficient (Wildman–Crippen LogP) is 5.79. The Labute approximate surface area is 160 Å². The highest BCUT2D eigenvalue weighted by Gasteiger charge is 2.23. The van der Waals surface area contributed by atoms with Gasteiger partial charge in [-0.3, -0.25) is 9.59 Å². The molecule has 0 spiro atoms. The number of carbonyl (C=O) groups excluding carboxylic acids is 2. The Kier molecular flexibility index (Phi) is 4.23. The van der Waals surface area contributed by atoms with Crippen molar-refractivity contribution in [1.82, 2.24) is 0 Å². The molecule has 0 atom stereocenters. The van der Waals surface area contributed by atoms with Crippen LogP contribution in [-0.4, -0.2) is 11.6 Å². The number of halogens is 2. The topological polar surface area (TPSA) is 34.1 Å². The van der Waals surface area contributed by atoms with Crippen LogP contribution in [0.15, 0.2) is 82.9 Å². The first-order valence-electron chi connectivity index (χ1n) is 8.01. The first-order chi connectivity index (χ1) is 12.6. The van der Waals surface area contributed by atoms with Crippen molar-refractivity contribution in [1.29, 1.82) is 0 Å². The van der Waals surface area contributed by atoms with E-state index in [-0.39, 0.29) is 21.6 Å². The quantitative estimate of drug-likeness (QED) is 0.628. The minimum atomic E-state index is -0.177. The molecule has 0 fully saturated rings. The maximum atomic E-state index is 12.2. The molecule has 2 aromatic carbocycles. The molecule has 0 saturated carbocycles. The van der Waals surface area contributed by atoms with Crippen molar-refractivity contribution < 1.29 is 9.59 Å². The molecule has 2 nitrogen and oxygen atoms in total. The minimum Gasteiger partial charge on any atom is -0.288 e. The van der Waals surface area contributed by atoms with E-state index in [1.165, 1.54) is 0 Å². The Morgan fingerprint density at radius 2 is 0.923 bits per heavy atom. The molecule has 4 heteroatoms. The van der Waals surface area contributed by atoms with Crippen molar-refractivity contribution in [2.45, 2.75) is 0 Å². The van der Waals surface area contributed by atoms with Crippen LogP contribution in [0.1, 0.15) is 31.8 Å². The van der Waals surface area contributed by atoms with Gasteiger partial charge >= 0.3 is 0 Å². The Morgan fingerprint density at radius 3 is 1.31 bits per heavy atom. The second-order valence-electron chi connectivity index (χ2n) is 5.98. The van der Waals surface area contributed by atoms with Crippen LogP contribution in [0.5, 0.6) is 0 Å². The van der Waals surface area contributed by atoms with Crippen LogP contribution in [0, 0.1) is 0 Å². The van der Waals surface area contributed by atoms with Crippen LogP contribution in [0.2, 0.25) is 0 Å². The summed E-state index contributed by atoms with van der Waals surface area (Å²) in [5, 5.41) is 0.363. The average Bonchev–Trinajstić information content (AvgIpc) is 2.67. The van der Waals surface area contributed by atoms with Crippen molar-refractivity contribution in [3.05, 3.63) is 105 Å². The molecule has 0 heterocycles. The van der Waals surface area contributed by atoms with Crippen molar-refractivity contribution >= 4 is 45.9 Å². The highest BCUT2D eigenvalue weighted by Crippen LogP contribution is 2.34. The Bertz CT molecular complexity index is 997. The summed E-state index contributed by atoms with van der Waals surface area (Å²) in [6.07, 6.45) is 7.09. The van der Waals surface area contributed by atoms with Gasteiger partial charge in [-0.15, -0.1) is 0 Å². The van der Waals surface area contributed by atoms with Crippen LogP contribution in [0.4, 0.5) is 0 Å². The van der Waals surface area contributed by atoms with E-state index in [1.54, 1.807) is 24.3 Å². The van der Waals surface area contributed by atoms with Gasteiger partial charge in [0.25, 0.3) is 0 Å². The molecule has 0 amide bonds. The number of carbonyl (C=O) groups is 2. The van der Waals surface area contributed by atoms with Crippen LogP contribution in [0.3, 0.4) is 0 Å². The molecule has 0 aliphatic heterocycles. The van der Waals surface area contributed by atoms with Crippen molar-refractivity contribution in [3.63, 3.8) is 0 Å². The molecular formula is C22H12Cl2O2. The van der Waals surface area contributed by atoms with Crippen LogP contribution in [0.25, 0.3) is 11.1 Å². The molecule has 0 bridgehead atoms. The van der Waals surface area contributed by atoms with E-state index in [1.807, 2.05) is 48.6 Å². The summed E-state index contributed by atoms with van der Waals surface area (Å²) in [5.74, 6) is -0.354. The van der Waals surface area contributed by atoms with Gasteiger partial charge < -0.3 is 0 Å². The summed E-state index contributed by atoms with van der Waals surface area (Å²) in [5.41, 5.74) is 4.48. The third-order valence-corrected chi connectivity index (χ3v) is 4.97. The first-order valence-corrected chi connectivity index (χ1v) is 8.76. The first kappa shape index (κ1) is 16.8. The minimum absolute atomic E-state index is 0.177. The fourth-order valence-corrected chi connectivity index (χ4v) is 3.58. The van der Waals surface area contributed by atoms with Crippen molar-refractivity contribution in [3.8, 4) is 0 Å². The van der Waals surface area contributed by atoms with Crippen LogP contribution >= 0.6 is 23.2 Å². The molecule has 2 aromatic rings. The van der Waals surface area contributed by atoms with E-state index in [2.05, 4.69) is 0 Å². The third-order valence-electron chi connectivity index (χ3n) is 4.41. The zero-order valence-electron chi connectivity index (χ0n) is 13.5. The SMILES string of the molecule is O=C1C(Cl)=C/C(=C/C=C2\C=C(Cl)C(=O)c3ccccc32)c2ccccc21. The molecule has 0 aromatic heterocycles. The molecule has 2 aliphatic carbocycles. The lowest BCUT2D eigenvalue weighted by atomic mass is 9.89. The smallest absolute Gasteiger partial charge is 0.204 e. The molecule has 0 N–H and O–H groups in total. The summed E-state index contributed by atoms with van der Waals surface area (Å²) in [6.45, 7) is 0. The highest BCUT2D eigenvalue weighted by molar-refractivity contribution is 6.47. The molecule has 26 heavy (non-hydrogen) atoms. The fourth-order valence-electron chi connectivity index (χ4n) is 3.14. The summed E-state index contributed by atoms with van der Waals surface area (Å²) in [7, 11) is 0. The maximum absolute atomic E-state index is 12.2. The maximum Gasteiger partial charge on any atom is 0.204 e. The molecule has 126 valence electrons. The fraction of sp³-hybridized carbons (Fsp3) is 0. The van der Waals surface area contributed by atoms with Crippen molar-refractivity contribution in [2.24, 2.45) is 0 Å². The van der Waals surface area contributed by atoms with Gasteiger partial charge in [-0.1, -0.05) is 83.9 Å². The number of benzene rings is 2. The Hall–Kier alpha value is -2.68. The van der Waals surface area contributed by atoms with Crippen molar-refractivity contribution in [2.75, 3.05) is 0 Å². The van der Waals surface area contributed by atoms with Gasteiger partial charge in [-0.05, 0) is 34.4 Å². The second-order valence-corrected chi connectivity index (χ2v) is 6.79. The highest BCUT2D eigenvalue weighted by atomic mass is 35.5. The lowest BCUT2D eigenvalue weighted by molar-refractivity contribution is 0.103. The predicted molar refractivity (Wildman–Crippen MR) is 105 cm³/mol. The molecule has 4 rings (SSSR count). The molecule has 0 unspecified atom stereocenters. The van der Waals surface area contributed by atoms with E-state index >= 15 is 0 Å². The number of hydrogen-bond donors (Lipinski definition) is 0. The normalized spacial score (nSPS) is 19.2. The standard InChI is InChI=1S/C22H12Cl2O2/c23-19-11-13(15-5-1-3-7-17(15)21(19)25)9-10-14-12-20(24)22(26)18-8-4-2-6-16(14)18/h1-12H/b13-9-,14-10+. The molecule has 2 aliphatic rings. The number of hydrogen-bond acceptors (Lipinski definition) is 2. The Balaban J connectivity index is 1.85. The number of Topliss-reactive ketones (excluding diaryl/α,β-unsaturated/α-hetero) is 2. The molecule has 0 saturated heterocycles. The monoisotopic (exact) mass is 378 g/mol. The molecule has 0 radical (unpaired) electrons.